The molecule has 15 heavy (non-hydrogen) atoms. The van der Waals surface area contributed by atoms with E-state index < -0.39 is 0 Å². The van der Waals surface area contributed by atoms with Crippen LogP contribution in [0.25, 0.3) is 0 Å². The quantitative estimate of drug-likeness (QED) is 0.750. The highest BCUT2D eigenvalue weighted by Gasteiger charge is 2.51. The lowest BCUT2D eigenvalue weighted by Crippen LogP contribution is -2.27. The van der Waals surface area contributed by atoms with Crippen LogP contribution in [0.2, 0.25) is 0 Å². The van der Waals surface area contributed by atoms with Gasteiger partial charge in [-0.25, -0.2) is 0 Å². The molecule has 0 amide bonds. The Hall–Kier alpha value is -1.33. The molecule has 1 atom stereocenters. The standard InChI is InChI=1S/C13H16N2/c1-15(2)12(13(10-14)8-9-13)11-6-4-3-5-7-11/h3-7,12H,8-9H2,1-2H3. The van der Waals surface area contributed by atoms with Crippen LogP contribution in [-0.2, 0) is 0 Å². The summed E-state index contributed by atoms with van der Waals surface area (Å²) in [6, 6.07) is 13.1. The molecule has 2 heteroatoms. The van der Waals surface area contributed by atoms with Crippen molar-refractivity contribution in [3.8, 4) is 6.07 Å². The molecule has 0 saturated heterocycles. The molecule has 0 radical (unpaired) electrons. The summed E-state index contributed by atoms with van der Waals surface area (Å²) in [6.45, 7) is 0. The third-order valence-electron chi connectivity index (χ3n) is 3.17. The minimum atomic E-state index is -0.134. The van der Waals surface area contributed by atoms with E-state index in [4.69, 9.17) is 0 Å². The second kappa shape index (κ2) is 3.67. The fourth-order valence-corrected chi connectivity index (χ4v) is 2.33. The smallest absolute Gasteiger partial charge is 0.0771 e. The molecule has 0 aliphatic heterocycles. The van der Waals surface area contributed by atoms with E-state index in [-0.39, 0.29) is 11.5 Å². The minimum Gasteiger partial charge on any atom is -0.301 e. The molecule has 2 nitrogen and oxygen atoms in total. The SMILES string of the molecule is CN(C)C(c1ccccc1)C1(C#N)CC1. The fourth-order valence-electron chi connectivity index (χ4n) is 2.33. The normalized spacial score (nSPS) is 19.6. The Bertz CT molecular complexity index is 371. The lowest BCUT2D eigenvalue weighted by molar-refractivity contribution is 0.232. The highest BCUT2D eigenvalue weighted by Crippen LogP contribution is 2.56. The molecule has 1 aromatic carbocycles. The molecule has 1 fully saturated rings. The van der Waals surface area contributed by atoms with Gasteiger partial charge in [-0.3, -0.25) is 0 Å². The van der Waals surface area contributed by atoms with E-state index >= 15 is 0 Å². The summed E-state index contributed by atoms with van der Waals surface area (Å²) in [5, 5.41) is 9.26. The Morgan fingerprint density at radius 2 is 1.87 bits per heavy atom. The fraction of sp³-hybridized carbons (Fsp3) is 0.462. The first kappa shape index (κ1) is 10.2. The van der Waals surface area contributed by atoms with E-state index in [9.17, 15) is 5.26 Å². The number of hydrogen-bond donors (Lipinski definition) is 0. The Labute approximate surface area is 91.1 Å². The molecule has 0 aromatic heterocycles. The molecule has 1 aliphatic carbocycles. The van der Waals surface area contributed by atoms with Crippen molar-refractivity contribution < 1.29 is 0 Å². The number of rotatable bonds is 3. The van der Waals surface area contributed by atoms with Crippen LogP contribution in [0.15, 0.2) is 30.3 Å². The predicted molar refractivity (Wildman–Crippen MR) is 60.2 cm³/mol. The first-order chi connectivity index (χ1) is 7.19. The van der Waals surface area contributed by atoms with E-state index in [1.54, 1.807) is 0 Å². The van der Waals surface area contributed by atoms with Gasteiger partial charge in [0.2, 0.25) is 0 Å². The summed E-state index contributed by atoms with van der Waals surface area (Å²) in [7, 11) is 4.10. The molecule has 2 rings (SSSR count). The molecular weight excluding hydrogens is 184 g/mol. The third kappa shape index (κ3) is 1.75. The van der Waals surface area contributed by atoms with E-state index in [0.717, 1.165) is 12.8 Å². The summed E-state index contributed by atoms with van der Waals surface area (Å²) < 4.78 is 0. The van der Waals surface area contributed by atoms with Gasteiger partial charge in [0.05, 0.1) is 17.5 Å². The molecule has 0 N–H and O–H groups in total. The van der Waals surface area contributed by atoms with Crippen LogP contribution >= 0.6 is 0 Å². The van der Waals surface area contributed by atoms with E-state index in [1.165, 1.54) is 5.56 Å². The second-order valence-electron chi connectivity index (χ2n) is 4.54. The van der Waals surface area contributed by atoms with E-state index in [1.807, 2.05) is 18.2 Å². The zero-order valence-electron chi connectivity index (χ0n) is 9.27. The average molecular weight is 200 g/mol. The van der Waals surface area contributed by atoms with Crippen LogP contribution in [0.1, 0.15) is 24.4 Å². The van der Waals surface area contributed by atoms with Crippen LogP contribution in [-0.4, -0.2) is 19.0 Å². The maximum atomic E-state index is 9.26. The van der Waals surface area contributed by atoms with Crippen molar-refractivity contribution in [1.82, 2.24) is 4.90 Å². The van der Waals surface area contributed by atoms with Crippen LogP contribution in [0.3, 0.4) is 0 Å². The second-order valence-corrected chi connectivity index (χ2v) is 4.54. The van der Waals surface area contributed by atoms with Crippen molar-refractivity contribution in [2.24, 2.45) is 5.41 Å². The summed E-state index contributed by atoms with van der Waals surface area (Å²) in [5.41, 5.74) is 1.12. The molecule has 1 saturated carbocycles. The molecular formula is C13H16N2. The topological polar surface area (TPSA) is 27.0 Å². The Balaban J connectivity index is 2.34. The van der Waals surface area contributed by atoms with E-state index in [0.29, 0.717) is 0 Å². The Morgan fingerprint density at radius 3 is 2.27 bits per heavy atom. The van der Waals surface area contributed by atoms with Crippen molar-refractivity contribution in [3.05, 3.63) is 35.9 Å². The predicted octanol–water partition coefficient (Wildman–Crippen LogP) is 2.59. The van der Waals surface area contributed by atoms with Crippen LogP contribution in [0.5, 0.6) is 0 Å². The molecule has 1 aliphatic rings. The molecule has 0 heterocycles. The highest BCUT2D eigenvalue weighted by molar-refractivity contribution is 5.28. The van der Waals surface area contributed by atoms with Gasteiger partial charge in [-0.15, -0.1) is 0 Å². The summed E-state index contributed by atoms with van der Waals surface area (Å²) in [5.74, 6) is 0. The van der Waals surface area contributed by atoms with Crippen LogP contribution in [0, 0.1) is 16.7 Å². The van der Waals surface area contributed by atoms with Gasteiger partial charge in [0.15, 0.2) is 0 Å². The molecule has 78 valence electrons. The lowest BCUT2D eigenvalue weighted by atomic mass is 9.90. The van der Waals surface area contributed by atoms with Gasteiger partial charge in [0, 0.05) is 0 Å². The molecule has 1 aromatic rings. The maximum absolute atomic E-state index is 9.26. The maximum Gasteiger partial charge on any atom is 0.0771 e. The number of benzene rings is 1. The average Bonchev–Trinajstić information content (AvgIpc) is 3.00. The van der Waals surface area contributed by atoms with Gasteiger partial charge in [-0.05, 0) is 32.5 Å². The largest absolute Gasteiger partial charge is 0.301 e. The van der Waals surface area contributed by atoms with Gasteiger partial charge in [-0.2, -0.15) is 5.26 Å². The minimum absolute atomic E-state index is 0.134. The third-order valence-corrected chi connectivity index (χ3v) is 3.17. The van der Waals surface area contributed by atoms with Gasteiger partial charge in [0.25, 0.3) is 0 Å². The van der Waals surface area contributed by atoms with Crippen LogP contribution in [0.4, 0.5) is 0 Å². The Morgan fingerprint density at radius 1 is 1.27 bits per heavy atom. The number of nitriles is 1. The van der Waals surface area contributed by atoms with Crippen molar-refractivity contribution in [2.45, 2.75) is 18.9 Å². The molecule has 0 bridgehead atoms. The van der Waals surface area contributed by atoms with Crippen molar-refractivity contribution in [2.75, 3.05) is 14.1 Å². The van der Waals surface area contributed by atoms with Crippen molar-refractivity contribution in [1.29, 1.82) is 5.26 Å². The monoisotopic (exact) mass is 200 g/mol. The zero-order chi connectivity index (χ0) is 10.9. The van der Waals surface area contributed by atoms with Crippen LogP contribution < -0.4 is 0 Å². The molecule has 1 unspecified atom stereocenters. The first-order valence-corrected chi connectivity index (χ1v) is 5.32. The Kier molecular flexibility index (Phi) is 2.50. The first-order valence-electron chi connectivity index (χ1n) is 5.32. The summed E-state index contributed by atoms with van der Waals surface area (Å²) >= 11 is 0. The van der Waals surface area contributed by atoms with Gasteiger partial charge in [0.1, 0.15) is 0 Å². The van der Waals surface area contributed by atoms with Gasteiger partial charge >= 0.3 is 0 Å². The van der Waals surface area contributed by atoms with Crippen molar-refractivity contribution in [3.63, 3.8) is 0 Å². The summed E-state index contributed by atoms with van der Waals surface area (Å²) in [6.07, 6.45) is 2.06. The van der Waals surface area contributed by atoms with Gasteiger partial charge < -0.3 is 4.90 Å². The lowest BCUT2D eigenvalue weighted by Gasteiger charge is -2.28. The molecule has 0 spiro atoms. The number of nitrogens with zero attached hydrogens (tertiary/aromatic N) is 2. The van der Waals surface area contributed by atoms with Crippen molar-refractivity contribution >= 4 is 0 Å². The summed E-state index contributed by atoms with van der Waals surface area (Å²) in [4.78, 5) is 2.16. The zero-order valence-corrected chi connectivity index (χ0v) is 9.27. The van der Waals surface area contributed by atoms with Gasteiger partial charge in [-0.1, -0.05) is 30.3 Å². The highest BCUT2D eigenvalue weighted by atomic mass is 15.1. The number of hydrogen-bond acceptors (Lipinski definition) is 2. The van der Waals surface area contributed by atoms with E-state index in [2.05, 4.69) is 37.2 Å².